The van der Waals surface area contributed by atoms with Gasteiger partial charge in [-0.25, -0.2) is 0 Å². The van der Waals surface area contributed by atoms with Crippen molar-refractivity contribution in [3.63, 3.8) is 0 Å². The lowest BCUT2D eigenvalue weighted by Crippen LogP contribution is -2.33. The maximum atomic E-state index is 3.00. The lowest BCUT2D eigenvalue weighted by Gasteiger charge is -1.98. The van der Waals surface area contributed by atoms with Crippen LogP contribution in [0.25, 0.3) is 0 Å². The van der Waals surface area contributed by atoms with Crippen LogP contribution in [0, 0.1) is 0 Å². The van der Waals surface area contributed by atoms with Crippen molar-refractivity contribution in [1.29, 1.82) is 0 Å². The number of likely N-dealkylation sites (N-methyl/N-ethyl adjacent to an activating group) is 1. The molecule has 0 aromatic rings. The zero-order valence-electron chi connectivity index (χ0n) is 4.91. The summed E-state index contributed by atoms with van der Waals surface area (Å²) < 4.78 is 0. The zero-order chi connectivity index (χ0) is 5.54. The summed E-state index contributed by atoms with van der Waals surface area (Å²) >= 11 is 0. The summed E-state index contributed by atoms with van der Waals surface area (Å²) in [4.78, 5) is 0. The Labute approximate surface area is 44.5 Å². The maximum Gasteiger partial charge on any atom is 0.0225 e. The van der Waals surface area contributed by atoms with Crippen molar-refractivity contribution in [3.05, 3.63) is 0 Å². The highest BCUT2D eigenvalue weighted by Crippen LogP contribution is 1.45. The number of nitrogens with one attached hydrogen (secondary N) is 3. The molecule has 0 aliphatic rings. The Hall–Kier alpha value is -0.120. The van der Waals surface area contributed by atoms with Gasteiger partial charge in [0.05, 0.1) is 0 Å². The Kier molecular flexibility index (Phi) is 5.78. The van der Waals surface area contributed by atoms with E-state index in [1.165, 1.54) is 0 Å². The van der Waals surface area contributed by atoms with Crippen LogP contribution in [-0.4, -0.2) is 27.2 Å². The number of hydrogen-bond acceptors (Lipinski definition) is 3. The summed E-state index contributed by atoms with van der Waals surface area (Å²) in [7, 11) is 3.78. The van der Waals surface area contributed by atoms with Gasteiger partial charge in [-0.1, -0.05) is 0 Å². The van der Waals surface area contributed by atoms with E-state index in [-0.39, 0.29) is 0 Å². The zero-order valence-corrected chi connectivity index (χ0v) is 4.91. The molecule has 0 fully saturated rings. The summed E-state index contributed by atoms with van der Waals surface area (Å²) in [5, 5.41) is 3.00. The van der Waals surface area contributed by atoms with Gasteiger partial charge >= 0.3 is 0 Å². The molecular weight excluding hydrogens is 90.1 g/mol. The van der Waals surface area contributed by atoms with E-state index >= 15 is 0 Å². The van der Waals surface area contributed by atoms with Crippen molar-refractivity contribution in [2.45, 2.75) is 0 Å². The van der Waals surface area contributed by atoms with E-state index < -0.39 is 0 Å². The lowest BCUT2D eigenvalue weighted by atomic mass is 10.7. The second-order valence-electron chi connectivity index (χ2n) is 1.28. The summed E-state index contributed by atoms with van der Waals surface area (Å²) in [6.45, 7) is 1.97. The Bertz CT molecular complexity index is 26.1. The molecule has 0 aromatic carbocycles. The molecule has 0 heterocycles. The van der Waals surface area contributed by atoms with Crippen LogP contribution in [0.1, 0.15) is 0 Å². The molecule has 0 unspecified atom stereocenters. The first-order valence-corrected chi connectivity index (χ1v) is 2.46. The third-order valence-corrected chi connectivity index (χ3v) is 0.677. The van der Waals surface area contributed by atoms with Crippen molar-refractivity contribution in [1.82, 2.24) is 16.2 Å². The Morgan fingerprint density at radius 1 is 1.14 bits per heavy atom. The SMILES string of the molecule is CNCCNNC. The maximum absolute atomic E-state index is 3.00. The molecular formula is C4H13N3. The molecule has 0 saturated heterocycles. The minimum Gasteiger partial charge on any atom is -0.318 e. The van der Waals surface area contributed by atoms with Crippen molar-refractivity contribution in [2.24, 2.45) is 0 Å². The molecule has 0 rings (SSSR count). The van der Waals surface area contributed by atoms with Gasteiger partial charge < -0.3 is 5.32 Å². The standard InChI is InChI=1S/C4H13N3/c1-5-3-4-7-6-2/h5-7H,3-4H2,1-2H3. The fourth-order valence-corrected chi connectivity index (χ4v) is 0.312. The Morgan fingerprint density at radius 2 is 1.86 bits per heavy atom. The van der Waals surface area contributed by atoms with Gasteiger partial charge in [0.2, 0.25) is 0 Å². The molecule has 3 N–H and O–H groups in total. The number of hydrazine groups is 1. The van der Waals surface area contributed by atoms with Crippen LogP contribution in [0.3, 0.4) is 0 Å². The summed E-state index contributed by atoms with van der Waals surface area (Å²) in [5.41, 5.74) is 5.75. The van der Waals surface area contributed by atoms with Gasteiger partial charge in [-0.05, 0) is 14.1 Å². The fraction of sp³-hybridized carbons (Fsp3) is 1.00. The molecule has 0 atom stereocenters. The van der Waals surface area contributed by atoms with Crippen LogP contribution in [0.4, 0.5) is 0 Å². The van der Waals surface area contributed by atoms with Crippen molar-refractivity contribution in [2.75, 3.05) is 27.2 Å². The largest absolute Gasteiger partial charge is 0.318 e. The van der Waals surface area contributed by atoms with Gasteiger partial charge in [-0.3, -0.25) is 10.9 Å². The second-order valence-corrected chi connectivity index (χ2v) is 1.28. The van der Waals surface area contributed by atoms with Crippen LogP contribution in [-0.2, 0) is 0 Å². The highest BCUT2D eigenvalue weighted by atomic mass is 15.3. The Balaban J connectivity index is 2.45. The Morgan fingerprint density at radius 3 is 2.29 bits per heavy atom. The van der Waals surface area contributed by atoms with E-state index in [0.29, 0.717) is 0 Å². The summed E-state index contributed by atoms with van der Waals surface area (Å²) in [6.07, 6.45) is 0. The molecule has 0 amide bonds. The van der Waals surface area contributed by atoms with Gasteiger partial charge in [0.15, 0.2) is 0 Å². The second kappa shape index (κ2) is 5.88. The first kappa shape index (κ1) is 6.88. The van der Waals surface area contributed by atoms with Gasteiger partial charge in [-0.15, -0.1) is 0 Å². The van der Waals surface area contributed by atoms with E-state index in [0.717, 1.165) is 13.1 Å². The first-order chi connectivity index (χ1) is 3.41. The van der Waals surface area contributed by atoms with Gasteiger partial charge in [0.25, 0.3) is 0 Å². The molecule has 0 aliphatic carbocycles. The van der Waals surface area contributed by atoms with Crippen LogP contribution in [0.2, 0.25) is 0 Å². The quantitative estimate of drug-likeness (QED) is 0.313. The van der Waals surface area contributed by atoms with Crippen LogP contribution in [0.15, 0.2) is 0 Å². The van der Waals surface area contributed by atoms with Crippen molar-refractivity contribution in [3.8, 4) is 0 Å². The first-order valence-electron chi connectivity index (χ1n) is 2.46. The third kappa shape index (κ3) is 5.88. The van der Waals surface area contributed by atoms with Crippen molar-refractivity contribution >= 4 is 0 Å². The molecule has 0 spiro atoms. The molecule has 7 heavy (non-hydrogen) atoms. The average Bonchev–Trinajstić information content (AvgIpc) is 1.69. The summed E-state index contributed by atoms with van der Waals surface area (Å²) in [6, 6.07) is 0. The predicted octanol–water partition coefficient (Wildman–Crippen LogP) is -1.07. The van der Waals surface area contributed by atoms with Crippen LogP contribution >= 0.6 is 0 Å². The van der Waals surface area contributed by atoms with E-state index in [9.17, 15) is 0 Å². The smallest absolute Gasteiger partial charge is 0.0225 e. The minimum absolute atomic E-state index is 0.965. The average molecular weight is 103 g/mol. The van der Waals surface area contributed by atoms with Crippen molar-refractivity contribution < 1.29 is 0 Å². The minimum atomic E-state index is 0.965. The highest BCUT2D eigenvalue weighted by Gasteiger charge is 1.74. The molecule has 3 heteroatoms. The topological polar surface area (TPSA) is 36.1 Å². The van der Waals surface area contributed by atoms with Gasteiger partial charge in [0.1, 0.15) is 0 Å². The molecule has 0 saturated carbocycles. The van der Waals surface area contributed by atoms with Crippen LogP contribution < -0.4 is 16.2 Å². The predicted molar refractivity (Wildman–Crippen MR) is 31.0 cm³/mol. The summed E-state index contributed by atoms with van der Waals surface area (Å²) in [5.74, 6) is 0. The number of hydrogen-bond donors (Lipinski definition) is 3. The van der Waals surface area contributed by atoms with Crippen LogP contribution in [0.5, 0.6) is 0 Å². The molecule has 0 aromatic heterocycles. The van der Waals surface area contributed by atoms with E-state index in [1.54, 1.807) is 0 Å². The van der Waals surface area contributed by atoms with Gasteiger partial charge in [0, 0.05) is 13.1 Å². The third-order valence-electron chi connectivity index (χ3n) is 0.677. The highest BCUT2D eigenvalue weighted by molar-refractivity contribution is 4.39. The van der Waals surface area contributed by atoms with E-state index in [4.69, 9.17) is 0 Å². The lowest BCUT2D eigenvalue weighted by molar-refractivity contribution is 0.579. The number of rotatable bonds is 4. The molecule has 0 radical (unpaired) electrons. The molecule has 0 bridgehead atoms. The molecule has 3 nitrogen and oxygen atoms in total. The molecule has 0 aliphatic heterocycles. The van der Waals surface area contributed by atoms with E-state index in [1.807, 2.05) is 14.1 Å². The fourth-order valence-electron chi connectivity index (χ4n) is 0.312. The normalized spacial score (nSPS) is 9.43. The monoisotopic (exact) mass is 103 g/mol. The molecule has 44 valence electrons. The van der Waals surface area contributed by atoms with Gasteiger partial charge in [-0.2, -0.15) is 0 Å². The van der Waals surface area contributed by atoms with E-state index in [2.05, 4.69) is 16.2 Å².